The molecule has 0 radical (unpaired) electrons. The molecule has 0 N–H and O–H groups in total. The Labute approximate surface area is 167 Å². The monoisotopic (exact) mass is 385 g/mol. The van der Waals surface area contributed by atoms with Gasteiger partial charge in [0.1, 0.15) is 0 Å². The quantitative estimate of drug-likeness (QED) is 0.781. The Morgan fingerprint density at radius 3 is 2.36 bits per heavy atom. The fraction of sp³-hybridized carbons (Fsp3) is 0.682. The van der Waals surface area contributed by atoms with E-state index in [9.17, 15) is 9.59 Å². The average Bonchev–Trinajstić information content (AvgIpc) is 3.01. The van der Waals surface area contributed by atoms with Crippen LogP contribution in [0.5, 0.6) is 0 Å². The van der Waals surface area contributed by atoms with Crippen LogP contribution in [0.15, 0.2) is 24.5 Å². The van der Waals surface area contributed by atoms with Crippen LogP contribution < -0.4 is 0 Å². The van der Waals surface area contributed by atoms with Crippen LogP contribution >= 0.6 is 0 Å². The van der Waals surface area contributed by atoms with E-state index in [4.69, 9.17) is 4.74 Å². The Bertz CT molecular complexity index is 676. The minimum Gasteiger partial charge on any atom is -0.381 e. The molecule has 1 saturated carbocycles. The van der Waals surface area contributed by atoms with Gasteiger partial charge in [0, 0.05) is 63.6 Å². The number of aromatic nitrogens is 1. The van der Waals surface area contributed by atoms with Gasteiger partial charge in [-0.05, 0) is 62.1 Å². The van der Waals surface area contributed by atoms with Gasteiger partial charge in [0.2, 0.25) is 11.8 Å². The highest BCUT2D eigenvalue weighted by Gasteiger charge is 2.48. The number of amides is 2. The second kappa shape index (κ2) is 8.60. The molecule has 0 aromatic carbocycles. The molecule has 1 aliphatic carbocycles. The van der Waals surface area contributed by atoms with Crippen molar-refractivity contribution in [3.05, 3.63) is 30.1 Å². The number of pyridine rings is 1. The molecule has 2 bridgehead atoms. The molecule has 2 atom stereocenters. The Morgan fingerprint density at radius 2 is 1.75 bits per heavy atom. The van der Waals surface area contributed by atoms with Crippen LogP contribution in [0.25, 0.3) is 0 Å². The van der Waals surface area contributed by atoms with Crippen molar-refractivity contribution < 1.29 is 14.3 Å². The molecule has 0 spiro atoms. The predicted octanol–water partition coefficient (Wildman–Crippen LogP) is 2.34. The van der Waals surface area contributed by atoms with Crippen molar-refractivity contribution >= 4 is 11.8 Å². The van der Waals surface area contributed by atoms with E-state index in [0.29, 0.717) is 38.1 Å². The Hall–Kier alpha value is -1.95. The maximum atomic E-state index is 13.4. The number of rotatable bonds is 5. The average molecular weight is 386 g/mol. The van der Waals surface area contributed by atoms with Crippen molar-refractivity contribution in [2.45, 2.75) is 39.2 Å². The summed E-state index contributed by atoms with van der Waals surface area (Å²) in [7, 11) is 0. The van der Waals surface area contributed by atoms with Crippen LogP contribution in [-0.4, -0.2) is 59.4 Å². The highest BCUT2D eigenvalue weighted by Crippen LogP contribution is 2.43. The zero-order valence-corrected chi connectivity index (χ0v) is 16.8. The number of piperidine rings is 1. The molecule has 1 aromatic rings. The Morgan fingerprint density at radius 1 is 1.11 bits per heavy atom. The summed E-state index contributed by atoms with van der Waals surface area (Å²) in [5.41, 5.74) is 1.12. The van der Waals surface area contributed by atoms with Crippen molar-refractivity contribution in [1.29, 1.82) is 0 Å². The zero-order chi connectivity index (χ0) is 19.5. The van der Waals surface area contributed by atoms with Crippen molar-refractivity contribution in [2.24, 2.45) is 23.7 Å². The van der Waals surface area contributed by atoms with Gasteiger partial charge in [0.05, 0.1) is 0 Å². The van der Waals surface area contributed by atoms with Gasteiger partial charge in [-0.2, -0.15) is 0 Å². The van der Waals surface area contributed by atoms with Gasteiger partial charge in [0.15, 0.2) is 0 Å². The van der Waals surface area contributed by atoms with E-state index in [0.717, 1.165) is 44.3 Å². The first-order valence-electron chi connectivity index (χ1n) is 10.7. The number of ether oxygens (including phenoxy) is 1. The number of carbonyl (C=O) groups is 2. The van der Waals surface area contributed by atoms with Gasteiger partial charge >= 0.3 is 0 Å². The standard InChI is InChI=1S/C22H31N3O3/c1-2-24(13-16-5-9-23-10-6-16)22(27)20-18-3-4-19(20)15-25(14-18)21(26)17-7-11-28-12-8-17/h5-6,9-10,17-20H,2-4,7-8,11-15H2,1H3/t18-,19-/m1/s1. The molecule has 152 valence electrons. The van der Waals surface area contributed by atoms with Gasteiger partial charge in [-0.15, -0.1) is 0 Å². The minimum atomic E-state index is 0.0699. The smallest absolute Gasteiger partial charge is 0.226 e. The molecule has 1 aromatic heterocycles. The highest BCUT2D eigenvalue weighted by molar-refractivity contribution is 5.82. The third-order valence-corrected chi connectivity index (χ3v) is 6.82. The second-order valence-electron chi connectivity index (χ2n) is 8.46. The summed E-state index contributed by atoms with van der Waals surface area (Å²) in [6.07, 6.45) is 7.34. The summed E-state index contributed by atoms with van der Waals surface area (Å²) < 4.78 is 5.40. The molecule has 2 aliphatic heterocycles. The lowest BCUT2D eigenvalue weighted by atomic mass is 9.83. The molecule has 6 heteroatoms. The lowest BCUT2D eigenvalue weighted by Crippen LogP contribution is -2.52. The summed E-state index contributed by atoms with van der Waals surface area (Å²) in [5.74, 6) is 1.35. The van der Waals surface area contributed by atoms with E-state index in [1.165, 1.54) is 0 Å². The predicted molar refractivity (Wildman–Crippen MR) is 105 cm³/mol. The molecule has 6 nitrogen and oxygen atoms in total. The Kier molecular flexibility index (Phi) is 5.95. The van der Waals surface area contributed by atoms with Crippen LogP contribution in [0.3, 0.4) is 0 Å². The zero-order valence-electron chi connectivity index (χ0n) is 16.8. The molecular weight excluding hydrogens is 354 g/mol. The molecule has 3 aliphatic rings. The van der Waals surface area contributed by atoms with E-state index >= 15 is 0 Å². The van der Waals surface area contributed by atoms with E-state index in [1.807, 2.05) is 24.0 Å². The molecule has 4 rings (SSSR count). The molecule has 0 unspecified atom stereocenters. The molecule has 2 saturated heterocycles. The highest BCUT2D eigenvalue weighted by atomic mass is 16.5. The molecule has 2 amide bonds. The maximum absolute atomic E-state index is 13.4. The maximum Gasteiger partial charge on any atom is 0.226 e. The Balaban J connectivity index is 1.41. The number of fused-ring (bicyclic) bond motifs is 2. The summed E-state index contributed by atoms with van der Waals surface area (Å²) in [6, 6.07) is 3.94. The minimum absolute atomic E-state index is 0.0699. The fourth-order valence-electron chi connectivity index (χ4n) is 5.27. The van der Waals surface area contributed by atoms with Crippen LogP contribution in [0.1, 0.15) is 38.2 Å². The van der Waals surface area contributed by atoms with Gasteiger partial charge in [-0.1, -0.05) is 0 Å². The van der Waals surface area contributed by atoms with Crippen LogP contribution in [-0.2, 0) is 20.9 Å². The lowest BCUT2D eigenvalue weighted by molar-refractivity contribution is -0.148. The molecule has 3 fully saturated rings. The molecular formula is C22H31N3O3. The summed E-state index contributed by atoms with van der Waals surface area (Å²) >= 11 is 0. The normalized spacial score (nSPS) is 27.6. The summed E-state index contributed by atoms with van der Waals surface area (Å²) in [4.78, 5) is 34.4. The van der Waals surface area contributed by atoms with Gasteiger partial charge in [-0.3, -0.25) is 14.6 Å². The first-order chi connectivity index (χ1) is 13.7. The second-order valence-corrected chi connectivity index (χ2v) is 8.46. The van der Waals surface area contributed by atoms with Gasteiger partial charge in [0.25, 0.3) is 0 Å². The molecule has 3 heterocycles. The van der Waals surface area contributed by atoms with Gasteiger partial charge in [-0.25, -0.2) is 0 Å². The van der Waals surface area contributed by atoms with E-state index in [2.05, 4.69) is 9.88 Å². The third kappa shape index (κ3) is 3.93. The van der Waals surface area contributed by atoms with Crippen molar-refractivity contribution in [1.82, 2.24) is 14.8 Å². The number of hydrogen-bond donors (Lipinski definition) is 0. The van der Waals surface area contributed by atoms with Crippen LogP contribution in [0.2, 0.25) is 0 Å². The topological polar surface area (TPSA) is 62.7 Å². The number of likely N-dealkylation sites (tertiary alicyclic amines) is 1. The number of carbonyl (C=O) groups excluding carboxylic acids is 2. The summed E-state index contributed by atoms with van der Waals surface area (Å²) in [5, 5.41) is 0. The first-order valence-corrected chi connectivity index (χ1v) is 10.7. The van der Waals surface area contributed by atoms with E-state index in [-0.39, 0.29) is 23.7 Å². The molecule has 28 heavy (non-hydrogen) atoms. The lowest BCUT2D eigenvalue weighted by Gasteiger charge is -2.40. The van der Waals surface area contributed by atoms with Gasteiger partial charge < -0.3 is 14.5 Å². The summed E-state index contributed by atoms with van der Waals surface area (Å²) in [6.45, 7) is 6.27. The largest absolute Gasteiger partial charge is 0.381 e. The van der Waals surface area contributed by atoms with Crippen LogP contribution in [0.4, 0.5) is 0 Å². The van der Waals surface area contributed by atoms with E-state index < -0.39 is 0 Å². The van der Waals surface area contributed by atoms with Crippen molar-refractivity contribution in [2.75, 3.05) is 32.8 Å². The first kappa shape index (κ1) is 19.4. The SMILES string of the molecule is CCN(Cc1ccncc1)C(=O)C1[C@@H]2CC[C@@H]1CN(C(=O)C1CCOCC1)C2. The van der Waals surface area contributed by atoms with E-state index in [1.54, 1.807) is 12.4 Å². The number of hydrogen-bond acceptors (Lipinski definition) is 4. The third-order valence-electron chi connectivity index (χ3n) is 6.82. The fourth-order valence-corrected chi connectivity index (χ4v) is 5.27. The van der Waals surface area contributed by atoms with Crippen molar-refractivity contribution in [3.8, 4) is 0 Å². The van der Waals surface area contributed by atoms with Crippen LogP contribution in [0, 0.1) is 23.7 Å². The number of nitrogens with zero attached hydrogens (tertiary/aromatic N) is 3. The van der Waals surface area contributed by atoms with Crippen molar-refractivity contribution in [3.63, 3.8) is 0 Å².